The molecule has 2 aromatic heterocycles. The van der Waals surface area contributed by atoms with E-state index in [0.29, 0.717) is 12.5 Å². The van der Waals surface area contributed by atoms with Gasteiger partial charge in [0.05, 0.1) is 11.7 Å². The Balaban J connectivity index is 1.69. The number of nitrogens with zero attached hydrogens (tertiary/aromatic N) is 4. The molecule has 0 fully saturated rings. The molecule has 2 aliphatic heterocycles. The third-order valence-corrected chi connectivity index (χ3v) is 5.96. The van der Waals surface area contributed by atoms with E-state index in [1.165, 1.54) is 9.47 Å². The van der Waals surface area contributed by atoms with Crippen molar-refractivity contribution in [2.75, 3.05) is 13.1 Å². The van der Waals surface area contributed by atoms with Gasteiger partial charge in [-0.2, -0.15) is 5.10 Å². The summed E-state index contributed by atoms with van der Waals surface area (Å²) in [6, 6.07) is -0.420. The molecule has 2 N–H and O–H groups in total. The maximum absolute atomic E-state index is 14.1. The van der Waals surface area contributed by atoms with Crippen LogP contribution in [-0.2, 0) is 20.0 Å². The van der Waals surface area contributed by atoms with E-state index in [1.807, 2.05) is 0 Å². The second kappa shape index (κ2) is 8.93. The van der Waals surface area contributed by atoms with Crippen molar-refractivity contribution in [3.05, 3.63) is 80.8 Å². The van der Waals surface area contributed by atoms with Gasteiger partial charge in [0.2, 0.25) is 5.43 Å². The summed E-state index contributed by atoms with van der Waals surface area (Å²) < 4.78 is 43.8. The molecular weight excluding hydrogens is 467 g/mol. The molecule has 35 heavy (non-hydrogen) atoms. The lowest BCUT2D eigenvalue weighted by Gasteiger charge is -2.34. The second-order valence-electron chi connectivity index (χ2n) is 8.43. The third kappa shape index (κ3) is 4.38. The average molecular weight is 489 g/mol. The van der Waals surface area contributed by atoms with Gasteiger partial charge in [0, 0.05) is 62.7 Å². The van der Waals surface area contributed by atoms with E-state index in [-0.39, 0.29) is 18.8 Å². The van der Waals surface area contributed by atoms with Crippen LogP contribution in [0.5, 0.6) is 5.75 Å². The molecule has 0 saturated heterocycles. The van der Waals surface area contributed by atoms with Crippen LogP contribution in [0.3, 0.4) is 0 Å². The van der Waals surface area contributed by atoms with Gasteiger partial charge >= 0.3 is 0 Å². The van der Waals surface area contributed by atoms with Crippen LogP contribution >= 0.6 is 0 Å². The number of aromatic nitrogens is 3. The maximum atomic E-state index is 14.1. The van der Waals surface area contributed by atoms with Gasteiger partial charge in [0.1, 0.15) is 23.0 Å². The SMILES string of the molecule is C=C(F)/C=C(F)\C(CNC(=O)c1cn2c(c(O)c1=O)C(=O)N1Cc3cn(C)nc3CC2C1)=C(/C)F. The lowest BCUT2D eigenvalue weighted by molar-refractivity contribution is 0.0653. The van der Waals surface area contributed by atoms with Crippen molar-refractivity contribution in [3.63, 3.8) is 0 Å². The summed E-state index contributed by atoms with van der Waals surface area (Å²) in [6.45, 7) is 3.62. The summed E-state index contributed by atoms with van der Waals surface area (Å²) >= 11 is 0. The Hall–Kier alpha value is -4.09. The van der Waals surface area contributed by atoms with Crippen molar-refractivity contribution < 1.29 is 27.9 Å². The molecular formula is C23H22F3N5O4. The van der Waals surface area contributed by atoms with E-state index in [4.69, 9.17) is 0 Å². The molecule has 0 saturated carbocycles. The molecule has 9 nitrogen and oxygen atoms in total. The number of fused-ring (bicyclic) bond motifs is 5. The van der Waals surface area contributed by atoms with Gasteiger partial charge in [-0.15, -0.1) is 0 Å². The summed E-state index contributed by atoms with van der Waals surface area (Å²) in [5, 5.41) is 17.2. The van der Waals surface area contributed by atoms with Gasteiger partial charge in [-0.3, -0.25) is 19.1 Å². The quantitative estimate of drug-likeness (QED) is 0.627. The Morgan fingerprint density at radius 1 is 1.31 bits per heavy atom. The van der Waals surface area contributed by atoms with Crippen LogP contribution in [0.2, 0.25) is 0 Å². The molecule has 1 unspecified atom stereocenters. The molecule has 4 rings (SSSR count). The normalized spacial score (nSPS) is 17.9. The molecule has 2 bridgehead atoms. The van der Waals surface area contributed by atoms with Crippen molar-refractivity contribution in [1.29, 1.82) is 0 Å². The van der Waals surface area contributed by atoms with Gasteiger partial charge in [-0.1, -0.05) is 6.58 Å². The fourth-order valence-electron chi connectivity index (χ4n) is 4.33. The van der Waals surface area contributed by atoms with Gasteiger partial charge in [-0.25, -0.2) is 13.2 Å². The number of nitrogens with one attached hydrogen (secondary N) is 1. The predicted octanol–water partition coefficient (Wildman–Crippen LogP) is 2.35. The van der Waals surface area contributed by atoms with E-state index in [9.17, 15) is 32.7 Å². The van der Waals surface area contributed by atoms with Gasteiger partial charge in [0.25, 0.3) is 11.8 Å². The maximum Gasteiger partial charge on any atom is 0.274 e. The first-order valence-electron chi connectivity index (χ1n) is 10.6. The Labute approximate surface area is 197 Å². The minimum absolute atomic E-state index is 0.243. The Kier molecular flexibility index (Phi) is 6.14. The van der Waals surface area contributed by atoms with E-state index >= 15 is 0 Å². The van der Waals surface area contributed by atoms with Crippen LogP contribution in [0.4, 0.5) is 13.2 Å². The van der Waals surface area contributed by atoms with Crippen molar-refractivity contribution in [1.82, 2.24) is 24.6 Å². The lowest BCUT2D eigenvalue weighted by atomic mass is 10.1. The summed E-state index contributed by atoms with van der Waals surface area (Å²) in [5.74, 6) is -5.94. The van der Waals surface area contributed by atoms with Crippen LogP contribution in [0, 0.1) is 0 Å². The molecule has 0 aliphatic carbocycles. The molecule has 12 heteroatoms. The highest BCUT2D eigenvalue weighted by molar-refractivity contribution is 5.99. The van der Waals surface area contributed by atoms with Crippen LogP contribution in [0.15, 0.2) is 52.9 Å². The Morgan fingerprint density at radius 2 is 2.03 bits per heavy atom. The number of aromatic hydroxyl groups is 1. The predicted molar refractivity (Wildman–Crippen MR) is 119 cm³/mol. The van der Waals surface area contributed by atoms with Crippen LogP contribution < -0.4 is 10.7 Å². The third-order valence-electron chi connectivity index (χ3n) is 5.96. The number of hydrogen-bond acceptors (Lipinski definition) is 5. The summed E-state index contributed by atoms with van der Waals surface area (Å²) in [7, 11) is 1.75. The van der Waals surface area contributed by atoms with E-state index in [2.05, 4.69) is 17.0 Å². The number of carbonyl (C=O) groups is 2. The zero-order valence-electron chi connectivity index (χ0n) is 18.9. The van der Waals surface area contributed by atoms with Gasteiger partial charge in [0.15, 0.2) is 11.4 Å². The molecule has 1 atom stereocenters. The molecule has 0 radical (unpaired) electrons. The van der Waals surface area contributed by atoms with Crippen molar-refractivity contribution in [2.24, 2.45) is 7.05 Å². The molecule has 184 valence electrons. The average Bonchev–Trinajstić information content (AvgIpc) is 3.02. The number of amides is 2. The molecule has 2 aliphatic rings. The largest absolute Gasteiger partial charge is 0.503 e. The van der Waals surface area contributed by atoms with Crippen molar-refractivity contribution >= 4 is 11.8 Å². The number of hydrogen-bond donors (Lipinski definition) is 2. The summed E-state index contributed by atoms with van der Waals surface area (Å²) in [5.41, 5.74) is -0.926. The van der Waals surface area contributed by atoms with Gasteiger partial charge in [-0.05, 0) is 6.92 Å². The Bertz CT molecular complexity index is 1380. The molecule has 2 aromatic rings. The number of rotatable bonds is 5. The molecule has 0 aromatic carbocycles. The molecule has 0 spiro atoms. The number of pyridine rings is 1. The molecule has 4 heterocycles. The first kappa shape index (κ1) is 24.0. The fourth-order valence-corrected chi connectivity index (χ4v) is 4.33. The monoisotopic (exact) mass is 489 g/mol. The van der Waals surface area contributed by atoms with E-state index < -0.39 is 64.2 Å². The standard InChI is InChI=1S/C23H22F3N5O4/c1-11(24)4-17(26)15(12(2)25)6-27-22(34)16-10-31-14-5-18-13(7-29(3)28-18)8-30(9-14)23(35)19(31)21(33)20(16)32/h4,7,10,14,33H,1,5-6,8-9H2,2-3H3,(H,27,34)/b15-12+,17-4+. The van der Waals surface area contributed by atoms with E-state index in [0.717, 1.165) is 24.4 Å². The van der Waals surface area contributed by atoms with Crippen molar-refractivity contribution in [2.45, 2.75) is 25.9 Å². The van der Waals surface area contributed by atoms with Crippen LogP contribution in [-0.4, -0.2) is 49.3 Å². The number of carbonyl (C=O) groups excluding carboxylic acids is 2. The minimum atomic E-state index is -1.28. The number of aryl methyl sites for hydroxylation is 1. The van der Waals surface area contributed by atoms with Crippen molar-refractivity contribution in [3.8, 4) is 5.75 Å². The zero-order chi connectivity index (χ0) is 25.6. The summed E-state index contributed by atoms with van der Waals surface area (Å²) in [6.07, 6.45) is 3.69. The first-order chi connectivity index (χ1) is 16.5. The summed E-state index contributed by atoms with van der Waals surface area (Å²) in [4.78, 5) is 40.1. The smallest absolute Gasteiger partial charge is 0.274 e. The van der Waals surface area contributed by atoms with Crippen LogP contribution in [0.1, 0.15) is 45.1 Å². The topological polar surface area (TPSA) is 109 Å². The highest BCUT2D eigenvalue weighted by Gasteiger charge is 2.38. The van der Waals surface area contributed by atoms with E-state index in [1.54, 1.807) is 17.9 Å². The van der Waals surface area contributed by atoms with Gasteiger partial charge < -0.3 is 19.9 Å². The number of allylic oxidation sites excluding steroid dienone is 3. The second-order valence-corrected chi connectivity index (χ2v) is 8.43. The zero-order valence-corrected chi connectivity index (χ0v) is 18.9. The molecule has 2 amide bonds. The Morgan fingerprint density at radius 3 is 2.69 bits per heavy atom. The number of halogens is 3. The first-order valence-corrected chi connectivity index (χ1v) is 10.6. The lowest BCUT2D eigenvalue weighted by Crippen LogP contribution is -2.44. The minimum Gasteiger partial charge on any atom is -0.503 e. The van der Waals surface area contributed by atoms with Crippen LogP contribution in [0.25, 0.3) is 0 Å². The highest BCUT2D eigenvalue weighted by Crippen LogP contribution is 2.33. The highest BCUT2D eigenvalue weighted by atomic mass is 19.1. The fraction of sp³-hybridized carbons (Fsp3) is 0.304.